The molecule has 0 aliphatic heterocycles. The van der Waals surface area contributed by atoms with Crippen LogP contribution in [0.3, 0.4) is 0 Å². The predicted octanol–water partition coefficient (Wildman–Crippen LogP) is 2.62. The summed E-state index contributed by atoms with van der Waals surface area (Å²) in [6, 6.07) is 12.8. The van der Waals surface area contributed by atoms with Crippen LogP contribution in [0.25, 0.3) is 0 Å². The normalized spacial score (nSPS) is 11.1. The first kappa shape index (κ1) is 21.1. The molecule has 0 amide bonds. The first-order valence-corrected chi connectivity index (χ1v) is 10.3. The van der Waals surface area contributed by atoms with Crippen LogP contribution in [0.5, 0.6) is 11.5 Å². The van der Waals surface area contributed by atoms with E-state index in [9.17, 15) is 18.5 Å². The third-order valence-electron chi connectivity index (χ3n) is 4.10. The topological polar surface area (TPSA) is 126 Å². The van der Waals surface area contributed by atoms with Crippen molar-refractivity contribution in [3.8, 4) is 11.5 Å². The maximum atomic E-state index is 12.5. The molecule has 1 aromatic heterocycles. The summed E-state index contributed by atoms with van der Waals surface area (Å²) in [7, 11) is -4.15. The SMILES string of the molecule is Cc1cc(OCC[n+]2ccc(N)cc2)cc(OS(=O)(=O)c2ccc([N+](=O)[O-])cc2)c1. The summed E-state index contributed by atoms with van der Waals surface area (Å²) >= 11 is 0. The molecule has 0 aliphatic rings. The number of hydrogen-bond acceptors (Lipinski definition) is 7. The highest BCUT2D eigenvalue weighted by atomic mass is 32.2. The number of benzene rings is 2. The molecule has 0 saturated heterocycles. The van der Waals surface area contributed by atoms with Crippen molar-refractivity contribution in [3.05, 3.63) is 82.7 Å². The van der Waals surface area contributed by atoms with Crippen LogP contribution in [0, 0.1) is 17.0 Å². The van der Waals surface area contributed by atoms with Gasteiger partial charge in [-0.05, 0) is 36.8 Å². The fourth-order valence-corrected chi connectivity index (χ4v) is 3.56. The van der Waals surface area contributed by atoms with Gasteiger partial charge in [0.2, 0.25) is 0 Å². The molecule has 0 radical (unpaired) electrons. The van der Waals surface area contributed by atoms with E-state index in [0.717, 1.165) is 29.8 Å². The number of nitro benzene ring substituents is 1. The summed E-state index contributed by atoms with van der Waals surface area (Å²) in [5.41, 5.74) is 6.87. The standard InChI is InChI=1S/C20H19N3O6S/c1-15-12-18(28-11-10-22-8-6-16(21)7-9-22)14-19(13-15)29-30(26,27)20-4-2-17(3-5-20)23(24)25/h2-9,12-14,21H,10-11H2,1H3/p+1. The van der Waals surface area contributed by atoms with E-state index in [2.05, 4.69) is 0 Å². The van der Waals surface area contributed by atoms with Gasteiger partial charge < -0.3 is 14.7 Å². The highest BCUT2D eigenvalue weighted by molar-refractivity contribution is 7.87. The third kappa shape index (κ3) is 5.45. The summed E-state index contributed by atoms with van der Waals surface area (Å²) in [4.78, 5) is 9.93. The highest BCUT2D eigenvalue weighted by Gasteiger charge is 2.19. The number of aryl methyl sites for hydroxylation is 1. The smallest absolute Gasteiger partial charge is 0.339 e. The Kier molecular flexibility index (Phi) is 6.17. The zero-order chi connectivity index (χ0) is 21.7. The van der Waals surface area contributed by atoms with E-state index >= 15 is 0 Å². The largest absolute Gasteiger partial charge is 0.487 e. The molecule has 0 bridgehead atoms. The Hall–Kier alpha value is -3.66. The van der Waals surface area contributed by atoms with E-state index in [0.29, 0.717) is 24.6 Å². The number of nitrogens with two attached hydrogens (primary N) is 1. The van der Waals surface area contributed by atoms with Crippen LogP contribution in [0.15, 0.2) is 71.9 Å². The molecule has 0 unspecified atom stereocenters. The molecular formula is C20H20N3O6S+. The lowest BCUT2D eigenvalue weighted by Gasteiger charge is -2.10. The van der Waals surface area contributed by atoms with Crippen LogP contribution in [0.2, 0.25) is 0 Å². The van der Waals surface area contributed by atoms with E-state index in [-0.39, 0.29) is 16.3 Å². The van der Waals surface area contributed by atoms with Crippen LogP contribution >= 0.6 is 0 Å². The third-order valence-corrected chi connectivity index (χ3v) is 5.36. The van der Waals surface area contributed by atoms with Crippen molar-refractivity contribution < 1.29 is 26.8 Å². The number of non-ortho nitro benzene ring substituents is 1. The monoisotopic (exact) mass is 430 g/mol. The summed E-state index contributed by atoms with van der Waals surface area (Å²) < 4.78 is 37.8. The lowest BCUT2D eigenvalue weighted by atomic mass is 10.2. The lowest BCUT2D eigenvalue weighted by molar-refractivity contribution is -0.697. The molecule has 9 nitrogen and oxygen atoms in total. The van der Waals surface area contributed by atoms with Crippen LogP contribution in [-0.4, -0.2) is 19.9 Å². The molecule has 0 atom stereocenters. The molecule has 2 N–H and O–H groups in total. The Morgan fingerprint density at radius 2 is 1.67 bits per heavy atom. The van der Waals surface area contributed by atoms with Crippen LogP contribution in [0.1, 0.15) is 5.56 Å². The van der Waals surface area contributed by atoms with Crippen molar-refractivity contribution in [2.24, 2.45) is 0 Å². The molecule has 10 heteroatoms. The summed E-state index contributed by atoms with van der Waals surface area (Å²) in [6.07, 6.45) is 3.67. The van der Waals surface area contributed by atoms with Crippen molar-refractivity contribution in [1.29, 1.82) is 0 Å². The van der Waals surface area contributed by atoms with Crippen molar-refractivity contribution in [3.63, 3.8) is 0 Å². The number of nitrogen functional groups attached to an aromatic ring is 1. The molecule has 2 aromatic carbocycles. The van der Waals surface area contributed by atoms with E-state index in [4.69, 9.17) is 14.7 Å². The van der Waals surface area contributed by atoms with Gasteiger partial charge in [0.05, 0.1) is 4.92 Å². The van der Waals surface area contributed by atoms with Crippen LogP contribution in [0.4, 0.5) is 11.4 Å². The number of ether oxygens (including phenoxy) is 1. The summed E-state index contributed by atoms with van der Waals surface area (Å²) in [5.74, 6) is 0.545. The van der Waals surface area contributed by atoms with Gasteiger partial charge in [-0.15, -0.1) is 0 Å². The van der Waals surface area contributed by atoms with Gasteiger partial charge in [-0.2, -0.15) is 8.42 Å². The quantitative estimate of drug-likeness (QED) is 0.252. The van der Waals surface area contributed by atoms with Crippen LogP contribution < -0.4 is 19.2 Å². The maximum Gasteiger partial charge on any atom is 0.339 e. The number of aromatic nitrogens is 1. The average molecular weight is 430 g/mol. The Balaban J connectivity index is 1.69. The molecule has 0 aliphatic carbocycles. The number of nitrogens with zero attached hydrogens (tertiary/aromatic N) is 2. The molecule has 3 aromatic rings. The molecule has 0 spiro atoms. The van der Waals surface area contributed by atoms with Gasteiger partial charge in [0, 0.05) is 36.0 Å². The maximum absolute atomic E-state index is 12.5. The molecule has 156 valence electrons. The molecule has 3 rings (SSSR count). The minimum Gasteiger partial charge on any atom is -0.487 e. The van der Waals surface area contributed by atoms with Crippen molar-refractivity contribution >= 4 is 21.5 Å². The first-order chi connectivity index (χ1) is 14.2. The first-order valence-electron chi connectivity index (χ1n) is 8.91. The van der Waals surface area contributed by atoms with Gasteiger partial charge in [0.1, 0.15) is 23.0 Å². The number of rotatable bonds is 8. The van der Waals surface area contributed by atoms with Gasteiger partial charge in [-0.1, -0.05) is 0 Å². The van der Waals surface area contributed by atoms with Crippen LogP contribution in [-0.2, 0) is 16.7 Å². The van der Waals surface area contributed by atoms with Crippen molar-refractivity contribution in [1.82, 2.24) is 0 Å². The number of hydrogen-bond donors (Lipinski definition) is 1. The second kappa shape index (κ2) is 8.78. The number of nitro groups is 1. The van der Waals surface area contributed by atoms with E-state index in [1.165, 1.54) is 6.07 Å². The zero-order valence-electron chi connectivity index (χ0n) is 16.1. The van der Waals surface area contributed by atoms with E-state index in [1.807, 2.05) is 17.0 Å². The second-order valence-electron chi connectivity index (χ2n) is 6.49. The Bertz CT molecular complexity index is 1150. The van der Waals surface area contributed by atoms with Gasteiger partial charge in [-0.25, -0.2) is 4.57 Å². The predicted molar refractivity (Wildman–Crippen MR) is 109 cm³/mol. The molecule has 30 heavy (non-hydrogen) atoms. The van der Waals surface area contributed by atoms with Crippen molar-refractivity contribution in [2.45, 2.75) is 18.4 Å². The molecular weight excluding hydrogens is 410 g/mol. The minimum atomic E-state index is -4.15. The Morgan fingerprint density at radius 3 is 2.30 bits per heavy atom. The summed E-state index contributed by atoms with van der Waals surface area (Å²) in [5, 5.41) is 10.7. The second-order valence-corrected chi connectivity index (χ2v) is 8.03. The molecule has 0 saturated carbocycles. The number of anilines is 1. The highest BCUT2D eigenvalue weighted by Crippen LogP contribution is 2.26. The van der Waals surface area contributed by atoms with Gasteiger partial charge in [-0.3, -0.25) is 10.1 Å². The number of pyridine rings is 1. The van der Waals surface area contributed by atoms with Gasteiger partial charge >= 0.3 is 10.1 Å². The molecule has 1 heterocycles. The van der Waals surface area contributed by atoms with Gasteiger partial charge in [0.25, 0.3) is 5.69 Å². The summed E-state index contributed by atoms with van der Waals surface area (Å²) in [6.45, 7) is 2.71. The minimum absolute atomic E-state index is 0.0866. The lowest BCUT2D eigenvalue weighted by Crippen LogP contribution is -2.35. The van der Waals surface area contributed by atoms with Crippen molar-refractivity contribution in [2.75, 3.05) is 12.3 Å². The Morgan fingerprint density at radius 1 is 1.03 bits per heavy atom. The fourth-order valence-electron chi connectivity index (χ4n) is 2.64. The zero-order valence-corrected chi connectivity index (χ0v) is 16.9. The van der Waals surface area contributed by atoms with E-state index in [1.54, 1.807) is 31.2 Å². The Labute approximate surface area is 173 Å². The molecule has 0 fully saturated rings. The van der Waals surface area contributed by atoms with Gasteiger partial charge in [0.15, 0.2) is 18.9 Å². The van der Waals surface area contributed by atoms with E-state index < -0.39 is 15.0 Å². The average Bonchev–Trinajstić information content (AvgIpc) is 2.69. The fraction of sp³-hybridized carbons (Fsp3) is 0.150.